The summed E-state index contributed by atoms with van der Waals surface area (Å²) in [6, 6.07) is 0. The van der Waals surface area contributed by atoms with Gasteiger partial charge in [0, 0.05) is 17.9 Å². The van der Waals surface area contributed by atoms with Crippen molar-refractivity contribution in [2.45, 2.75) is 45.6 Å². The molecule has 1 spiro atoms. The number of hydrogen-bond donors (Lipinski definition) is 1. The van der Waals surface area contributed by atoms with Crippen LogP contribution >= 0.6 is 0 Å². The lowest BCUT2D eigenvalue weighted by molar-refractivity contribution is -0.193. The molecular formula is C20H26O6. The number of fused-ring (bicyclic) bond motifs is 5. The number of carbonyl (C=O) groups is 3. The SMILES string of the molecule is C=C(C(=O)O)[C@@H]1CC[C@@H]2[C@H](C1)C(=O)OC[C@]21C(=O)C[C@H]2OC[C@@H]1C2(C)C. The van der Waals surface area contributed by atoms with E-state index in [9.17, 15) is 19.5 Å². The summed E-state index contributed by atoms with van der Waals surface area (Å²) in [6.07, 6.45) is 2.01. The molecule has 26 heavy (non-hydrogen) atoms. The van der Waals surface area contributed by atoms with Crippen LogP contribution in [0.5, 0.6) is 0 Å². The van der Waals surface area contributed by atoms with Crippen molar-refractivity contribution in [2.24, 2.45) is 34.5 Å². The van der Waals surface area contributed by atoms with Crippen LogP contribution in [0.1, 0.15) is 39.5 Å². The van der Waals surface area contributed by atoms with Crippen molar-refractivity contribution in [1.29, 1.82) is 0 Å². The maximum absolute atomic E-state index is 13.2. The van der Waals surface area contributed by atoms with Gasteiger partial charge in [0.1, 0.15) is 12.4 Å². The summed E-state index contributed by atoms with van der Waals surface area (Å²) in [4.78, 5) is 37.0. The van der Waals surface area contributed by atoms with Crippen LogP contribution in [0.4, 0.5) is 0 Å². The Hall–Kier alpha value is -1.69. The summed E-state index contributed by atoms with van der Waals surface area (Å²) in [5.74, 6) is -1.90. The number of ketones is 1. The summed E-state index contributed by atoms with van der Waals surface area (Å²) in [7, 11) is 0. The van der Waals surface area contributed by atoms with E-state index in [-0.39, 0.29) is 53.2 Å². The van der Waals surface area contributed by atoms with Crippen LogP contribution in [0.25, 0.3) is 0 Å². The number of esters is 1. The molecule has 0 aromatic heterocycles. The van der Waals surface area contributed by atoms with E-state index < -0.39 is 17.3 Å². The summed E-state index contributed by atoms with van der Waals surface area (Å²) in [6.45, 7) is 8.64. The molecule has 2 aliphatic heterocycles. The van der Waals surface area contributed by atoms with Crippen LogP contribution in [0.3, 0.4) is 0 Å². The van der Waals surface area contributed by atoms with Gasteiger partial charge in [-0.25, -0.2) is 4.79 Å². The summed E-state index contributed by atoms with van der Waals surface area (Å²) >= 11 is 0. The van der Waals surface area contributed by atoms with E-state index in [2.05, 4.69) is 20.4 Å². The van der Waals surface area contributed by atoms with Crippen LogP contribution in [0, 0.1) is 34.5 Å². The van der Waals surface area contributed by atoms with Crippen molar-refractivity contribution in [3.8, 4) is 0 Å². The first-order chi connectivity index (χ1) is 12.2. The van der Waals surface area contributed by atoms with Gasteiger partial charge in [-0.3, -0.25) is 9.59 Å². The zero-order valence-electron chi connectivity index (χ0n) is 15.3. The van der Waals surface area contributed by atoms with E-state index in [0.717, 1.165) is 0 Å². The Morgan fingerprint density at radius 3 is 2.69 bits per heavy atom. The fourth-order valence-electron chi connectivity index (χ4n) is 6.14. The Balaban J connectivity index is 1.69. The zero-order valence-corrected chi connectivity index (χ0v) is 15.3. The summed E-state index contributed by atoms with van der Waals surface area (Å²) < 4.78 is 11.5. The van der Waals surface area contributed by atoms with Gasteiger partial charge in [0.15, 0.2) is 0 Å². The smallest absolute Gasteiger partial charge is 0.331 e. The van der Waals surface area contributed by atoms with Crippen molar-refractivity contribution in [3.63, 3.8) is 0 Å². The van der Waals surface area contributed by atoms with Crippen molar-refractivity contribution in [3.05, 3.63) is 12.2 Å². The van der Waals surface area contributed by atoms with Crippen molar-refractivity contribution in [2.75, 3.05) is 13.2 Å². The van der Waals surface area contributed by atoms with E-state index in [1.807, 2.05) is 0 Å². The number of hydrogen-bond acceptors (Lipinski definition) is 5. The van der Waals surface area contributed by atoms with Crippen LogP contribution in [-0.2, 0) is 23.9 Å². The summed E-state index contributed by atoms with van der Waals surface area (Å²) in [5.41, 5.74) is -0.677. The lowest BCUT2D eigenvalue weighted by atomic mass is 9.47. The first-order valence-corrected chi connectivity index (χ1v) is 9.43. The highest BCUT2D eigenvalue weighted by atomic mass is 16.5. The Labute approximate surface area is 152 Å². The Morgan fingerprint density at radius 1 is 1.27 bits per heavy atom. The van der Waals surface area contributed by atoms with Crippen molar-refractivity contribution in [1.82, 2.24) is 0 Å². The van der Waals surface area contributed by atoms with Gasteiger partial charge >= 0.3 is 11.9 Å². The molecule has 2 aliphatic carbocycles. The molecule has 0 amide bonds. The second-order valence-corrected chi connectivity index (χ2v) is 9.02. The third kappa shape index (κ3) is 2.17. The third-order valence-corrected chi connectivity index (χ3v) is 7.74. The number of ether oxygens (including phenoxy) is 2. The topological polar surface area (TPSA) is 89.9 Å². The van der Waals surface area contributed by atoms with Crippen LogP contribution in [-0.4, -0.2) is 42.1 Å². The van der Waals surface area contributed by atoms with E-state index in [1.54, 1.807) is 0 Å². The maximum atomic E-state index is 13.2. The first-order valence-electron chi connectivity index (χ1n) is 9.43. The molecule has 0 unspecified atom stereocenters. The second-order valence-electron chi connectivity index (χ2n) is 9.02. The highest BCUT2D eigenvalue weighted by Crippen LogP contribution is 2.62. The lowest BCUT2D eigenvalue weighted by Gasteiger charge is -2.56. The molecular weight excluding hydrogens is 336 g/mol. The molecule has 2 heterocycles. The van der Waals surface area contributed by atoms with Gasteiger partial charge in [-0.1, -0.05) is 20.4 Å². The number of carbonyl (C=O) groups excluding carboxylic acids is 2. The molecule has 0 aromatic rings. The van der Waals surface area contributed by atoms with E-state index in [4.69, 9.17) is 9.47 Å². The molecule has 4 rings (SSSR count). The highest BCUT2D eigenvalue weighted by molar-refractivity contribution is 5.90. The third-order valence-electron chi connectivity index (χ3n) is 7.74. The molecule has 4 aliphatic rings. The molecule has 0 radical (unpaired) electrons. The normalized spacial score (nSPS) is 43.7. The van der Waals surface area contributed by atoms with Gasteiger partial charge in [-0.15, -0.1) is 0 Å². The number of cyclic esters (lactones) is 1. The number of aliphatic carboxylic acids is 1. The Bertz CT molecular complexity index is 694. The summed E-state index contributed by atoms with van der Waals surface area (Å²) in [5, 5.41) is 9.25. The maximum Gasteiger partial charge on any atom is 0.331 e. The fourth-order valence-corrected chi connectivity index (χ4v) is 6.14. The van der Waals surface area contributed by atoms with Gasteiger partial charge < -0.3 is 14.6 Å². The van der Waals surface area contributed by atoms with Gasteiger partial charge in [0.05, 0.1) is 24.0 Å². The lowest BCUT2D eigenvalue weighted by Crippen LogP contribution is -2.63. The molecule has 2 saturated carbocycles. The Morgan fingerprint density at radius 2 is 2.00 bits per heavy atom. The average Bonchev–Trinajstić information content (AvgIpc) is 2.80. The number of carboxylic acid groups (broad SMARTS) is 1. The molecule has 6 nitrogen and oxygen atoms in total. The monoisotopic (exact) mass is 362 g/mol. The van der Waals surface area contributed by atoms with E-state index in [1.165, 1.54) is 0 Å². The van der Waals surface area contributed by atoms with E-state index in [0.29, 0.717) is 32.3 Å². The fraction of sp³-hybridized carbons (Fsp3) is 0.750. The largest absolute Gasteiger partial charge is 0.478 e. The predicted molar refractivity (Wildman–Crippen MR) is 91.1 cm³/mol. The van der Waals surface area contributed by atoms with Gasteiger partial charge in [-0.05, 0) is 36.5 Å². The minimum Gasteiger partial charge on any atom is -0.478 e. The van der Waals surface area contributed by atoms with Crippen LogP contribution in [0.15, 0.2) is 12.2 Å². The van der Waals surface area contributed by atoms with Crippen LogP contribution in [0.2, 0.25) is 0 Å². The standard InChI is InChI=1S/C20H26O6/c1-10(17(22)23)11-4-5-13-12(6-11)18(24)26-9-20(13)14-8-25-16(7-15(20)21)19(14,2)3/h11-14,16H,1,4-9H2,2-3H3,(H,22,23)/t11-,12+,13-,14-,16-,20+/m1/s1. The quantitative estimate of drug-likeness (QED) is 0.598. The van der Waals surface area contributed by atoms with E-state index >= 15 is 0 Å². The molecule has 2 saturated heterocycles. The molecule has 142 valence electrons. The molecule has 6 atom stereocenters. The highest BCUT2D eigenvalue weighted by Gasteiger charge is 2.68. The zero-order chi connectivity index (χ0) is 18.9. The molecule has 6 heteroatoms. The number of rotatable bonds is 2. The number of Topliss-reactive ketones (excluding diaryl/α,β-unsaturated/α-hetero) is 1. The first kappa shape index (κ1) is 17.7. The second kappa shape index (κ2) is 5.65. The van der Waals surface area contributed by atoms with Crippen molar-refractivity contribution < 1.29 is 29.0 Å². The molecule has 4 fully saturated rings. The average molecular weight is 362 g/mol. The minimum absolute atomic E-state index is 0.0288. The minimum atomic E-state index is -1.02. The predicted octanol–water partition coefficient (Wildman–Crippen LogP) is 2.22. The molecule has 0 aromatic carbocycles. The van der Waals surface area contributed by atoms with Crippen molar-refractivity contribution >= 4 is 17.7 Å². The van der Waals surface area contributed by atoms with Gasteiger partial charge in [-0.2, -0.15) is 0 Å². The van der Waals surface area contributed by atoms with Crippen LogP contribution < -0.4 is 0 Å². The number of carboxylic acids is 1. The Kier molecular flexibility index (Phi) is 3.85. The van der Waals surface area contributed by atoms with Gasteiger partial charge in [0.25, 0.3) is 0 Å². The van der Waals surface area contributed by atoms with Gasteiger partial charge in [0.2, 0.25) is 0 Å². The molecule has 1 N–H and O–H groups in total. The molecule has 2 bridgehead atoms.